The zero-order chi connectivity index (χ0) is 17.8. The monoisotopic (exact) mass is 372 g/mol. The lowest BCUT2D eigenvalue weighted by Crippen LogP contribution is -2.15. The minimum atomic E-state index is -0.311. The highest BCUT2D eigenvalue weighted by molar-refractivity contribution is 6.42. The Bertz CT molecular complexity index is 930. The van der Waals surface area contributed by atoms with E-state index >= 15 is 0 Å². The van der Waals surface area contributed by atoms with Crippen LogP contribution in [-0.2, 0) is 0 Å². The van der Waals surface area contributed by atoms with Crippen LogP contribution in [0.4, 0.5) is 17.3 Å². The molecule has 0 saturated heterocycles. The lowest BCUT2D eigenvalue weighted by atomic mass is 10.2. The molecule has 7 heteroatoms. The van der Waals surface area contributed by atoms with Gasteiger partial charge in [0, 0.05) is 17.6 Å². The second kappa shape index (κ2) is 7.51. The Morgan fingerprint density at radius 2 is 1.84 bits per heavy atom. The van der Waals surface area contributed by atoms with E-state index in [9.17, 15) is 4.79 Å². The number of carbonyl (C=O) groups is 1. The van der Waals surface area contributed by atoms with Crippen LogP contribution in [0.5, 0.6) is 0 Å². The average molecular weight is 373 g/mol. The number of benzene rings is 2. The highest BCUT2D eigenvalue weighted by Gasteiger charge is 2.11. The molecule has 2 aromatic carbocycles. The molecule has 0 atom stereocenters. The van der Waals surface area contributed by atoms with Crippen LogP contribution in [0.3, 0.4) is 0 Å². The molecule has 0 saturated carbocycles. The lowest BCUT2D eigenvalue weighted by molar-refractivity contribution is 0.102. The van der Waals surface area contributed by atoms with Crippen molar-refractivity contribution in [3.8, 4) is 0 Å². The number of aryl methyl sites for hydroxylation is 1. The number of nitrogens with zero attached hydrogens (tertiary/aromatic N) is 2. The van der Waals surface area contributed by atoms with Gasteiger partial charge in [-0.05, 0) is 42.8 Å². The van der Waals surface area contributed by atoms with Gasteiger partial charge in [0.25, 0.3) is 5.91 Å². The fraction of sp³-hybridized carbons (Fsp3) is 0.0556. The molecule has 0 aliphatic rings. The third-order valence-electron chi connectivity index (χ3n) is 3.46. The molecule has 0 aliphatic carbocycles. The summed E-state index contributed by atoms with van der Waals surface area (Å²) in [6.45, 7) is 1.92. The third-order valence-corrected chi connectivity index (χ3v) is 4.20. The predicted molar refractivity (Wildman–Crippen MR) is 101 cm³/mol. The Hall–Kier alpha value is -2.63. The number of hydrogen-bond acceptors (Lipinski definition) is 4. The Kier molecular flexibility index (Phi) is 5.16. The number of anilines is 3. The number of amides is 1. The minimum absolute atomic E-state index is 0.251. The van der Waals surface area contributed by atoms with Gasteiger partial charge in [-0.1, -0.05) is 41.4 Å². The molecule has 0 radical (unpaired) electrons. The summed E-state index contributed by atoms with van der Waals surface area (Å²) < 4.78 is 0. The number of halogens is 2. The number of hydrogen-bond donors (Lipinski definition) is 2. The first-order valence-corrected chi connectivity index (χ1v) is 8.20. The predicted octanol–water partition coefficient (Wildman–Crippen LogP) is 5.09. The molecule has 2 N–H and O–H groups in total. The van der Waals surface area contributed by atoms with Gasteiger partial charge in [-0.25, -0.2) is 9.97 Å². The van der Waals surface area contributed by atoms with Gasteiger partial charge in [0.15, 0.2) is 0 Å². The highest BCUT2D eigenvalue weighted by Crippen LogP contribution is 2.26. The first-order valence-electron chi connectivity index (χ1n) is 7.45. The van der Waals surface area contributed by atoms with Gasteiger partial charge in [-0.2, -0.15) is 0 Å². The van der Waals surface area contributed by atoms with Crippen molar-refractivity contribution >= 4 is 46.4 Å². The maximum atomic E-state index is 12.4. The first kappa shape index (κ1) is 17.2. The number of nitrogens with one attached hydrogen (secondary N) is 2. The molecule has 126 valence electrons. The Morgan fingerprint density at radius 1 is 1.04 bits per heavy atom. The van der Waals surface area contributed by atoms with Crippen molar-refractivity contribution in [1.29, 1.82) is 0 Å². The van der Waals surface area contributed by atoms with Gasteiger partial charge in [0.1, 0.15) is 5.69 Å². The van der Waals surface area contributed by atoms with Crippen LogP contribution in [0.15, 0.2) is 54.7 Å². The third kappa shape index (κ3) is 4.26. The van der Waals surface area contributed by atoms with Crippen LogP contribution in [0.2, 0.25) is 10.0 Å². The Morgan fingerprint density at radius 3 is 2.60 bits per heavy atom. The van der Waals surface area contributed by atoms with Crippen LogP contribution >= 0.6 is 23.2 Å². The lowest BCUT2D eigenvalue weighted by Gasteiger charge is -2.09. The summed E-state index contributed by atoms with van der Waals surface area (Å²) in [5.41, 5.74) is 2.64. The zero-order valence-corrected chi connectivity index (χ0v) is 14.8. The van der Waals surface area contributed by atoms with Crippen molar-refractivity contribution in [1.82, 2.24) is 9.97 Å². The van der Waals surface area contributed by atoms with Crippen molar-refractivity contribution < 1.29 is 4.79 Å². The van der Waals surface area contributed by atoms with Gasteiger partial charge in [-0.15, -0.1) is 0 Å². The molecule has 1 heterocycles. The number of para-hydroxylation sites is 1. The fourth-order valence-electron chi connectivity index (χ4n) is 2.15. The van der Waals surface area contributed by atoms with Crippen molar-refractivity contribution in [2.45, 2.75) is 6.92 Å². The standard InChI is InChI=1S/C18H14Cl2N4O/c1-11-4-2-3-5-15(11)23-17(25)16-8-9-21-18(24-16)22-12-6-7-13(19)14(20)10-12/h2-10H,1H3,(H,23,25)(H,21,22,24). The molecule has 5 nitrogen and oxygen atoms in total. The van der Waals surface area contributed by atoms with Crippen molar-refractivity contribution in [2.75, 3.05) is 10.6 Å². The number of aromatic nitrogens is 2. The largest absolute Gasteiger partial charge is 0.324 e. The molecule has 0 fully saturated rings. The molecule has 0 aliphatic heterocycles. The van der Waals surface area contributed by atoms with Gasteiger partial charge >= 0.3 is 0 Å². The van der Waals surface area contributed by atoms with Crippen LogP contribution in [-0.4, -0.2) is 15.9 Å². The molecular formula is C18H14Cl2N4O. The summed E-state index contributed by atoms with van der Waals surface area (Å²) in [6.07, 6.45) is 1.51. The maximum absolute atomic E-state index is 12.4. The summed E-state index contributed by atoms with van der Waals surface area (Å²) >= 11 is 11.9. The van der Waals surface area contributed by atoms with Crippen molar-refractivity contribution in [3.05, 3.63) is 76.0 Å². The molecule has 0 spiro atoms. The fourth-order valence-corrected chi connectivity index (χ4v) is 2.45. The molecule has 25 heavy (non-hydrogen) atoms. The second-order valence-electron chi connectivity index (χ2n) is 5.29. The van der Waals surface area contributed by atoms with Gasteiger partial charge < -0.3 is 10.6 Å². The Labute approximate surface area is 155 Å². The van der Waals surface area contributed by atoms with E-state index in [4.69, 9.17) is 23.2 Å². The maximum Gasteiger partial charge on any atom is 0.274 e. The van der Waals surface area contributed by atoms with Crippen LogP contribution in [0.1, 0.15) is 16.1 Å². The quantitative estimate of drug-likeness (QED) is 0.669. The number of rotatable bonds is 4. The van der Waals surface area contributed by atoms with Gasteiger partial charge in [0.2, 0.25) is 5.95 Å². The van der Waals surface area contributed by atoms with E-state index in [1.165, 1.54) is 6.20 Å². The highest BCUT2D eigenvalue weighted by atomic mass is 35.5. The van der Waals surface area contributed by atoms with Crippen LogP contribution in [0, 0.1) is 6.92 Å². The minimum Gasteiger partial charge on any atom is -0.324 e. The van der Waals surface area contributed by atoms with Crippen LogP contribution < -0.4 is 10.6 Å². The molecule has 3 aromatic rings. The van der Waals surface area contributed by atoms with Gasteiger partial charge in [-0.3, -0.25) is 4.79 Å². The SMILES string of the molecule is Cc1ccccc1NC(=O)c1ccnc(Nc2ccc(Cl)c(Cl)c2)n1. The van der Waals surface area contributed by atoms with Crippen LogP contribution in [0.25, 0.3) is 0 Å². The van der Waals surface area contributed by atoms with E-state index in [0.29, 0.717) is 15.7 Å². The summed E-state index contributed by atoms with van der Waals surface area (Å²) in [6, 6.07) is 14.2. The van der Waals surface area contributed by atoms with Crippen molar-refractivity contribution in [2.24, 2.45) is 0 Å². The van der Waals surface area contributed by atoms with Gasteiger partial charge in [0.05, 0.1) is 10.0 Å². The van der Waals surface area contributed by atoms with E-state index in [1.807, 2.05) is 31.2 Å². The normalized spacial score (nSPS) is 10.4. The number of carbonyl (C=O) groups excluding carboxylic acids is 1. The zero-order valence-electron chi connectivity index (χ0n) is 13.3. The molecule has 0 bridgehead atoms. The average Bonchev–Trinajstić information content (AvgIpc) is 2.60. The van der Waals surface area contributed by atoms with E-state index in [0.717, 1.165) is 11.3 Å². The second-order valence-corrected chi connectivity index (χ2v) is 6.10. The van der Waals surface area contributed by atoms with E-state index < -0.39 is 0 Å². The van der Waals surface area contributed by atoms with Crippen molar-refractivity contribution in [3.63, 3.8) is 0 Å². The topological polar surface area (TPSA) is 66.9 Å². The molecule has 1 aromatic heterocycles. The molecule has 3 rings (SSSR count). The first-order chi connectivity index (χ1) is 12.0. The molecule has 1 amide bonds. The van der Waals surface area contributed by atoms with E-state index in [-0.39, 0.29) is 17.5 Å². The van der Waals surface area contributed by atoms with E-state index in [1.54, 1.807) is 24.3 Å². The summed E-state index contributed by atoms with van der Waals surface area (Å²) in [5.74, 6) is -0.0234. The van der Waals surface area contributed by atoms with E-state index in [2.05, 4.69) is 20.6 Å². The summed E-state index contributed by atoms with van der Waals surface area (Å²) in [4.78, 5) is 20.8. The molecular weight excluding hydrogens is 359 g/mol. The Balaban J connectivity index is 1.77. The molecule has 0 unspecified atom stereocenters. The summed E-state index contributed by atoms with van der Waals surface area (Å²) in [7, 11) is 0. The summed E-state index contributed by atoms with van der Waals surface area (Å²) in [5, 5.41) is 6.71. The smallest absolute Gasteiger partial charge is 0.274 e.